The molecule has 1 saturated carbocycles. The first-order valence-electron chi connectivity index (χ1n) is 5.62. The molecule has 2 aliphatic rings. The van der Waals surface area contributed by atoms with Crippen LogP contribution in [0.1, 0.15) is 26.2 Å². The predicted molar refractivity (Wildman–Crippen MR) is 58.9 cm³/mol. The topological polar surface area (TPSA) is 38.3 Å². The highest BCUT2D eigenvalue weighted by Gasteiger charge is 2.42. The average molecular weight is 232 g/mol. The van der Waals surface area contributed by atoms with Crippen LogP contribution in [0, 0.1) is 11.3 Å². The van der Waals surface area contributed by atoms with Crippen molar-refractivity contribution in [1.29, 1.82) is 0 Å². The molecule has 2 unspecified atom stereocenters. The zero-order valence-electron chi connectivity index (χ0n) is 9.09. The van der Waals surface area contributed by atoms with Crippen molar-refractivity contribution in [1.82, 2.24) is 5.32 Å². The van der Waals surface area contributed by atoms with Crippen LogP contribution in [-0.2, 0) is 9.53 Å². The lowest BCUT2D eigenvalue weighted by molar-refractivity contribution is -0.131. The van der Waals surface area contributed by atoms with Crippen molar-refractivity contribution in [3.63, 3.8) is 0 Å². The third kappa shape index (κ3) is 2.45. The van der Waals surface area contributed by atoms with Crippen LogP contribution in [0.4, 0.5) is 0 Å². The van der Waals surface area contributed by atoms with Gasteiger partial charge in [0.05, 0.1) is 0 Å². The molecule has 0 radical (unpaired) electrons. The maximum atomic E-state index is 11.8. The van der Waals surface area contributed by atoms with Gasteiger partial charge in [0.25, 0.3) is 0 Å². The van der Waals surface area contributed by atoms with Crippen molar-refractivity contribution in [2.45, 2.75) is 32.3 Å². The van der Waals surface area contributed by atoms with Crippen molar-refractivity contribution in [2.24, 2.45) is 11.3 Å². The molecule has 1 N–H and O–H groups in total. The van der Waals surface area contributed by atoms with Crippen molar-refractivity contribution in [3.05, 3.63) is 0 Å². The van der Waals surface area contributed by atoms with Gasteiger partial charge in [-0.05, 0) is 25.2 Å². The fourth-order valence-corrected chi connectivity index (χ4v) is 2.30. The highest BCUT2D eigenvalue weighted by Crippen LogP contribution is 2.45. The lowest BCUT2D eigenvalue weighted by Crippen LogP contribution is -2.40. The van der Waals surface area contributed by atoms with E-state index in [1.165, 1.54) is 0 Å². The number of carbonyl (C=O) groups excluding carboxylic acids is 1. The first-order chi connectivity index (χ1) is 7.17. The minimum atomic E-state index is -0.240. The van der Waals surface area contributed by atoms with E-state index in [0.717, 1.165) is 19.3 Å². The van der Waals surface area contributed by atoms with Crippen LogP contribution in [0.25, 0.3) is 0 Å². The van der Waals surface area contributed by atoms with E-state index in [0.29, 0.717) is 24.9 Å². The van der Waals surface area contributed by atoms with Crippen LogP contribution in [0.3, 0.4) is 0 Å². The lowest BCUT2D eigenvalue weighted by Gasteiger charge is -2.17. The standard InChI is InChI=1S/C11H18ClNO2/c1-8-2-5-15-9(8)10(14)13-7-11(6-12)3-4-11/h8-9H,2-7H2,1H3,(H,13,14). The van der Waals surface area contributed by atoms with Crippen LogP contribution >= 0.6 is 11.6 Å². The normalized spacial score (nSPS) is 32.7. The second-order valence-electron chi connectivity index (χ2n) is 4.91. The van der Waals surface area contributed by atoms with E-state index in [4.69, 9.17) is 16.3 Å². The number of ether oxygens (including phenoxy) is 1. The van der Waals surface area contributed by atoms with Crippen LogP contribution < -0.4 is 5.32 Å². The van der Waals surface area contributed by atoms with Gasteiger partial charge in [0.2, 0.25) is 5.91 Å². The third-order valence-corrected chi connectivity index (χ3v) is 4.09. The van der Waals surface area contributed by atoms with Crippen molar-refractivity contribution in [2.75, 3.05) is 19.0 Å². The molecule has 2 rings (SSSR count). The van der Waals surface area contributed by atoms with Crippen molar-refractivity contribution < 1.29 is 9.53 Å². The molecule has 2 atom stereocenters. The van der Waals surface area contributed by atoms with Crippen LogP contribution in [0.2, 0.25) is 0 Å². The third-order valence-electron chi connectivity index (χ3n) is 3.52. The molecule has 1 amide bonds. The Kier molecular flexibility index (Phi) is 3.21. The second kappa shape index (κ2) is 4.30. The Morgan fingerprint density at radius 3 is 2.80 bits per heavy atom. The lowest BCUT2D eigenvalue weighted by atomic mass is 10.0. The van der Waals surface area contributed by atoms with Crippen molar-refractivity contribution in [3.8, 4) is 0 Å². The molecule has 1 saturated heterocycles. The average Bonchev–Trinajstić information content (AvgIpc) is 2.91. The highest BCUT2D eigenvalue weighted by molar-refractivity contribution is 6.18. The van der Waals surface area contributed by atoms with Crippen molar-refractivity contribution >= 4 is 17.5 Å². The van der Waals surface area contributed by atoms with E-state index >= 15 is 0 Å². The molecule has 4 heteroatoms. The number of amides is 1. The number of alkyl halides is 1. The van der Waals surface area contributed by atoms with Gasteiger partial charge in [0.15, 0.2) is 0 Å². The maximum absolute atomic E-state index is 11.8. The smallest absolute Gasteiger partial charge is 0.249 e. The Morgan fingerprint density at radius 2 is 2.33 bits per heavy atom. The Labute approximate surface area is 95.5 Å². The summed E-state index contributed by atoms with van der Waals surface area (Å²) in [6.07, 6.45) is 3.02. The van der Waals surface area contributed by atoms with E-state index in [-0.39, 0.29) is 17.4 Å². The van der Waals surface area contributed by atoms with E-state index in [1.807, 2.05) is 0 Å². The molecule has 1 aliphatic heterocycles. The Bertz CT molecular complexity index is 253. The Morgan fingerprint density at radius 1 is 1.60 bits per heavy atom. The summed E-state index contributed by atoms with van der Waals surface area (Å²) in [5, 5.41) is 2.96. The van der Waals surface area contributed by atoms with Crippen LogP contribution in [0.5, 0.6) is 0 Å². The monoisotopic (exact) mass is 231 g/mol. The van der Waals surface area contributed by atoms with Gasteiger partial charge in [-0.1, -0.05) is 6.92 Å². The SMILES string of the molecule is CC1CCOC1C(=O)NCC1(CCl)CC1. The van der Waals surface area contributed by atoms with Gasteiger partial charge < -0.3 is 10.1 Å². The first-order valence-corrected chi connectivity index (χ1v) is 6.16. The van der Waals surface area contributed by atoms with E-state index in [2.05, 4.69) is 12.2 Å². The number of nitrogens with one attached hydrogen (secondary N) is 1. The van der Waals surface area contributed by atoms with E-state index < -0.39 is 0 Å². The minimum absolute atomic E-state index is 0.0383. The molecule has 0 aromatic rings. The quantitative estimate of drug-likeness (QED) is 0.746. The number of halogens is 1. The molecule has 0 aromatic heterocycles. The molecular formula is C11H18ClNO2. The van der Waals surface area contributed by atoms with Gasteiger partial charge in [-0.2, -0.15) is 0 Å². The fraction of sp³-hybridized carbons (Fsp3) is 0.909. The van der Waals surface area contributed by atoms with E-state index in [1.54, 1.807) is 0 Å². The molecule has 15 heavy (non-hydrogen) atoms. The summed E-state index contributed by atoms with van der Waals surface area (Å²) in [7, 11) is 0. The van der Waals surface area contributed by atoms with Crippen LogP contribution in [-0.4, -0.2) is 31.0 Å². The summed E-state index contributed by atoms with van der Waals surface area (Å²) >= 11 is 5.84. The van der Waals surface area contributed by atoms with Gasteiger partial charge in [0.1, 0.15) is 6.10 Å². The Hall–Kier alpha value is -0.280. The zero-order valence-corrected chi connectivity index (χ0v) is 9.85. The minimum Gasteiger partial charge on any atom is -0.368 e. The largest absolute Gasteiger partial charge is 0.368 e. The summed E-state index contributed by atoms with van der Waals surface area (Å²) in [4.78, 5) is 11.8. The molecule has 0 bridgehead atoms. The number of rotatable bonds is 4. The number of hydrogen-bond acceptors (Lipinski definition) is 2. The molecule has 1 aliphatic carbocycles. The molecule has 86 valence electrons. The highest BCUT2D eigenvalue weighted by atomic mass is 35.5. The molecule has 2 fully saturated rings. The molecule has 1 heterocycles. The number of carbonyl (C=O) groups is 1. The summed E-state index contributed by atoms with van der Waals surface area (Å²) < 4.78 is 5.40. The van der Waals surface area contributed by atoms with Gasteiger partial charge in [-0.3, -0.25) is 4.79 Å². The second-order valence-corrected chi connectivity index (χ2v) is 5.18. The van der Waals surface area contributed by atoms with Gasteiger partial charge >= 0.3 is 0 Å². The van der Waals surface area contributed by atoms with Gasteiger partial charge in [-0.25, -0.2) is 0 Å². The predicted octanol–water partition coefficient (Wildman–Crippen LogP) is 1.55. The molecule has 3 nitrogen and oxygen atoms in total. The molecule has 0 aromatic carbocycles. The summed E-state index contributed by atoms with van der Waals surface area (Å²) in [6, 6.07) is 0. The zero-order chi connectivity index (χ0) is 10.9. The number of hydrogen-bond donors (Lipinski definition) is 1. The molecular weight excluding hydrogens is 214 g/mol. The van der Waals surface area contributed by atoms with E-state index in [9.17, 15) is 4.79 Å². The van der Waals surface area contributed by atoms with Gasteiger partial charge in [0, 0.05) is 24.4 Å². The maximum Gasteiger partial charge on any atom is 0.249 e. The summed E-state index contributed by atoms with van der Waals surface area (Å²) in [5.41, 5.74) is 0.194. The summed E-state index contributed by atoms with van der Waals surface area (Å²) in [6.45, 7) is 3.48. The fourth-order valence-electron chi connectivity index (χ4n) is 1.94. The van der Waals surface area contributed by atoms with Gasteiger partial charge in [-0.15, -0.1) is 11.6 Å². The summed E-state index contributed by atoms with van der Waals surface area (Å²) in [5.74, 6) is 1.03. The van der Waals surface area contributed by atoms with Crippen LogP contribution in [0.15, 0.2) is 0 Å². The first kappa shape index (κ1) is 11.2. The molecule has 0 spiro atoms. The Balaban J connectivity index is 1.77.